The molecule has 9 nitrogen and oxygen atoms in total. The molecule has 0 saturated carbocycles. The lowest BCUT2D eigenvalue weighted by Crippen LogP contribution is -2.37. The molecule has 1 aliphatic rings. The number of hydrogen-bond donors (Lipinski definition) is 4. The molecule has 0 aliphatic carbocycles. The summed E-state index contributed by atoms with van der Waals surface area (Å²) in [5.41, 5.74) is 7.98. The number of fused-ring (bicyclic) bond motifs is 1. The molecule has 0 radical (unpaired) electrons. The van der Waals surface area contributed by atoms with Gasteiger partial charge in [-0.15, -0.1) is 0 Å². The third kappa shape index (κ3) is 6.10. The average Bonchev–Trinajstić information content (AvgIpc) is 3.24. The van der Waals surface area contributed by atoms with Crippen molar-refractivity contribution in [3.05, 3.63) is 54.2 Å². The molecule has 1 aliphatic heterocycles. The number of aliphatic carboxylic acids is 1. The van der Waals surface area contributed by atoms with Crippen molar-refractivity contribution in [3.8, 4) is 5.69 Å². The molecule has 2 aromatic carbocycles. The van der Waals surface area contributed by atoms with Gasteiger partial charge in [-0.05, 0) is 49.7 Å². The number of halogens is 3. The topological polar surface area (TPSA) is 139 Å². The number of carboxylic acid groups (broad SMARTS) is 1. The number of piperidine rings is 1. The first-order chi connectivity index (χ1) is 16.1. The number of primary amides is 1. The summed E-state index contributed by atoms with van der Waals surface area (Å²) < 4.78 is 33.4. The molecule has 2 heterocycles. The van der Waals surface area contributed by atoms with E-state index in [1.54, 1.807) is 16.8 Å². The Kier molecular flexibility index (Phi) is 7.51. The van der Waals surface area contributed by atoms with E-state index in [0.717, 1.165) is 42.7 Å². The summed E-state index contributed by atoms with van der Waals surface area (Å²) >= 11 is 0. The Morgan fingerprint density at radius 1 is 1.15 bits per heavy atom. The Balaban J connectivity index is 0.000000406. The molecule has 0 spiro atoms. The zero-order chi connectivity index (χ0) is 24.9. The van der Waals surface area contributed by atoms with Crippen LogP contribution in [-0.2, 0) is 9.59 Å². The highest BCUT2D eigenvalue weighted by Gasteiger charge is 2.38. The van der Waals surface area contributed by atoms with Crippen LogP contribution in [0.3, 0.4) is 0 Å². The normalized spacial score (nSPS) is 15.8. The number of alkyl halides is 3. The van der Waals surface area contributed by atoms with Crippen LogP contribution in [0.1, 0.15) is 23.2 Å². The molecule has 5 N–H and O–H groups in total. The molecule has 12 heteroatoms. The highest BCUT2D eigenvalue weighted by Crippen LogP contribution is 2.21. The van der Waals surface area contributed by atoms with Crippen LogP contribution in [-0.4, -0.2) is 51.9 Å². The predicted octanol–water partition coefficient (Wildman–Crippen LogP) is 2.70. The second-order valence-corrected chi connectivity index (χ2v) is 7.56. The number of benzene rings is 2. The lowest BCUT2D eigenvalue weighted by Gasteiger charge is -2.21. The van der Waals surface area contributed by atoms with Crippen LogP contribution in [0.25, 0.3) is 16.6 Å². The third-order valence-corrected chi connectivity index (χ3v) is 5.11. The number of nitrogens with one attached hydrogen (secondary N) is 2. The SMILES string of the molecule is NC(=O)c1cccc2cn(-c3ccc(NC(=O)C4CCCNC4)cc3)nc12.O=C(O)C(F)(F)F. The number of rotatable bonds is 4. The van der Waals surface area contributed by atoms with Crippen molar-refractivity contribution in [1.29, 1.82) is 0 Å². The van der Waals surface area contributed by atoms with Gasteiger partial charge >= 0.3 is 12.1 Å². The van der Waals surface area contributed by atoms with E-state index in [4.69, 9.17) is 15.6 Å². The molecule has 1 fully saturated rings. The summed E-state index contributed by atoms with van der Waals surface area (Å²) in [7, 11) is 0. The highest BCUT2D eigenvalue weighted by molar-refractivity contribution is 6.04. The van der Waals surface area contributed by atoms with Gasteiger partial charge in [-0.1, -0.05) is 12.1 Å². The highest BCUT2D eigenvalue weighted by atomic mass is 19.4. The second kappa shape index (κ2) is 10.3. The number of nitrogens with zero attached hydrogens (tertiary/aromatic N) is 2. The summed E-state index contributed by atoms with van der Waals surface area (Å²) in [6.45, 7) is 1.71. The lowest BCUT2D eigenvalue weighted by molar-refractivity contribution is -0.192. The monoisotopic (exact) mass is 477 g/mol. The number of carbonyl (C=O) groups excluding carboxylic acids is 2. The van der Waals surface area contributed by atoms with E-state index in [0.29, 0.717) is 11.1 Å². The van der Waals surface area contributed by atoms with Crippen LogP contribution in [0.15, 0.2) is 48.7 Å². The standard InChI is InChI=1S/C20H21N5O2.C2HF3O2/c21-19(26)17-5-1-3-14-12-25(24-18(14)17)16-8-6-15(7-9-16)23-20(27)13-4-2-10-22-11-13;3-2(4,5)1(6)7/h1,3,5-9,12-13,22H,2,4,10-11H2,(H2,21,26)(H,23,27);(H,6,7). The predicted molar refractivity (Wildman–Crippen MR) is 118 cm³/mol. The van der Waals surface area contributed by atoms with Crippen molar-refractivity contribution in [1.82, 2.24) is 15.1 Å². The fourth-order valence-electron chi connectivity index (χ4n) is 3.39. The maximum absolute atomic E-state index is 12.3. The largest absolute Gasteiger partial charge is 0.490 e. The van der Waals surface area contributed by atoms with E-state index in [2.05, 4.69) is 15.7 Å². The summed E-state index contributed by atoms with van der Waals surface area (Å²) in [6.07, 6.45) is -1.29. The first-order valence-corrected chi connectivity index (χ1v) is 10.3. The maximum Gasteiger partial charge on any atom is 0.490 e. The minimum absolute atomic E-state index is 0.0158. The molecule has 1 atom stereocenters. The molecule has 1 saturated heterocycles. The summed E-state index contributed by atoms with van der Waals surface area (Å²) in [5, 5.41) is 18.7. The Labute approximate surface area is 191 Å². The van der Waals surface area contributed by atoms with Crippen LogP contribution >= 0.6 is 0 Å². The van der Waals surface area contributed by atoms with Crippen molar-refractivity contribution in [3.63, 3.8) is 0 Å². The fraction of sp³-hybridized carbons (Fsp3) is 0.273. The van der Waals surface area contributed by atoms with Gasteiger partial charge in [0.1, 0.15) is 5.52 Å². The number of aromatic nitrogens is 2. The zero-order valence-electron chi connectivity index (χ0n) is 17.8. The number of amides is 2. The Hall–Kier alpha value is -3.93. The number of carboxylic acids is 1. The van der Waals surface area contributed by atoms with E-state index in [1.165, 1.54) is 0 Å². The minimum atomic E-state index is -5.08. The molecule has 180 valence electrons. The quantitative estimate of drug-likeness (QED) is 0.456. The Morgan fingerprint density at radius 3 is 2.38 bits per heavy atom. The van der Waals surface area contributed by atoms with E-state index in [-0.39, 0.29) is 11.8 Å². The smallest absolute Gasteiger partial charge is 0.475 e. The summed E-state index contributed by atoms with van der Waals surface area (Å²) in [5.74, 6) is -3.19. The van der Waals surface area contributed by atoms with Crippen LogP contribution in [0.5, 0.6) is 0 Å². The Bertz CT molecular complexity index is 1190. The Morgan fingerprint density at radius 2 is 1.82 bits per heavy atom. The summed E-state index contributed by atoms with van der Waals surface area (Å²) in [6, 6.07) is 12.8. The van der Waals surface area contributed by atoms with Gasteiger partial charge in [0.05, 0.1) is 17.2 Å². The van der Waals surface area contributed by atoms with Crippen molar-refractivity contribution in [2.24, 2.45) is 11.7 Å². The molecular formula is C22H22F3N5O4. The first-order valence-electron chi connectivity index (χ1n) is 10.3. The van der Waals surface area contributed by atoms with Gasteiger partial charge in [0.15, 0.2) is 0 Å². The first kappa shape index (κ1) is 24.7. The van der Waals surface area contributed by atoms with Gasteiger partial charge in [-0.3, -0.25) is 9.59 Å². The van der Waals surface area contributed by atoms with Gasteiger partial charge in [0.25, 0.3) is 5.91 Å². The van der Waals surface area contributed by atoms with Crippen molar-refractivity contribution < 1.29 is 32.7 Å². The van der Waals surface area contributed by atoms with Crippen molar-refractivity contribution >= 4 is 34.4 Å². The van der Waals surface area contributed by atoms with Gasteiger partial charge < -0.3 is 21.5 Å². The molecule has 1 unspecified atom stereocenters. The molecule has 2 amide bonds. The summed E-state index contributed by atoms with van der Waals surface area (Å²) in [4.78, 5) is 32.8. The maximum atomic E-state index is 12.3. The molecule has 1 aromatic heterocycles. The fourth-order valence-corrected chi connectivity index (χ4v) is 3.39. The minimum Gasteiger partial charge on any atom is -0.475 e. The van der Waals surface area contributed by atoms with E-state index in [1.807, 2.05) is 36.5 Å². The molecule has 4 rings (SSSR count). The van der Waals surface area contributed by atoms with Crippen LogP contribution < -0.4 is 16.4 Å². The molecule has 3 aromatic rings. The van der Waals surface area contributed by atoms with Crippen LogP contribution in [0, 0.1) is 5.92 Å². The zero-order valence-corrected chi connectivity index (χ0v) is 17.8. The third-order valence-electron chi connectivity index (χ3n) is 5.11. The molecule has 0 bridgehead atoms. The van der Waals surface area contributed by atoms with Gasteiger partial charge in [-0.2, -0.15) is 18.3 Å². The number of nitrogens with two attached hydrogens (primary N) is 1. The molecule has 34 heavy (non-hydrogen) atoms. The molecular weight excluding hydrogens is 455 g/mol. The van der Waals surface area contributed by atoms with E-state index >= 15 is 0 Å². The van der Waals surface area contributed by atoms with Crippen LogP contribution in [0.4, 0.5) is 18.9 Å². The van der Waals surface area contributed by atoms with E-state index < -0.39 is 18.1 Å². The number of hydrogen-bond acceptors (Lipinski definition) is 5. The van der Waals surface area contributed by atoms with Crippen molar-refractivity contribution in [2.75, 3.05) is 18.4 Å². The average molecular weight is 477 g/mol. The van der Waals surface area contributed by atoms with Gasteiger partial charge in [0, 0.05) is 23.8 Å². The van der Waals surface area contributed by atoms with Crippen molar-refractivity contribution in [2.45, 2.75) is 19.0 Å². The van der Waals surface area contributed by atoms with Gasteiger partial charge in [-0.25, -0.2) is 9.48 Å². The number of carbonyl (C=O) groups is 3. The van der Waals surface area contributed by atoms with E-state index in [9.17, 15) is 22.8 Å². The van der Waals surface area contributed by atoms with Crippen LogP contribution in [0.2, 0.25) is 0 Å². The number of anilines is 1. The second-order valence-electron chi connectivity index (χ2n) is 7.56. The lowest BCUT2D eigenvalue weighted by atomic mass is 9.99. The van der Waals surface area contributed by atoms with Gasteiger partial charge in [0.2, 0.25) is 5.91 Å².